The highest BCUT2D eigenvalue weighted by Gasteiger charge is 2.21. The minimum absolute atomic E-state index is 0.0275. The molecule has 1 aliphatic heterocycles. The van der Waals surface area contributed by atoms with Gasteiger partial charge in [0.15, 0.2) is 5.84 Å². The van der Waals surface area contributed by atoms with Crippen molar-refractivity contribution >= 4 is 46.3 Å². The van der Waals surface area contributed by atoms with E-state index in [2.05, 4.69) is 20.8 Å². The van der Waals surface area contributed by atoms with Crippen LogP contribution >= 0.6 is 11.6 Å². The molecule has 0 spiro atoms. The van der Waals surface area contributed by atoms with Crippen LogP contribution in [0.2, 0.25) is 5.02 Å². The van der Waals surface area contributed by atoms with Crippen molar-refractivity contribution in [2.45, 2.75) is 13.8 Å². The predicted octanol–water partition coefficient (Wildman–Crippen LogP) is 5.50. The molecule has 3 aromatic carbocycles. The number of nitro groups is 1. The van der Waals surface area contributed by atoms with Gasteiger partial charge in [-0.1, -0.05) is 48.0 Å². The Bertz CT molecular complexity index is 1330. The van der Waals surface area contributed by atoms with Crippen LogP contribution in [0.1, 0.15) is 22.3 Å². The first-order valence-electron chi connectivity index (χ1n) is 10.3. The number of nitro benzene ring substituents is 1. The second-order valence-electron chi connectivity index (χ2n) is 7.55. The average Bonchev–Trinajstić information content (AvgIpc) is 2.99. The van der Waals surface area contributed by atoms with Gasteiger partial charge in [0, 0.05) is 34.0 Å². The summed E-state index contributed by atoms with van der Waals surface area (Å²) in [6.07, 6.45) is -0.719. The Morgan fingerprint density at radius 2 is 1.79 bits per heavy atom. The molecule has 172 valence electrons. The second kappa shape index (κ2) is 9.72. The van der Waals surface area contributed by atoms with Gasteiger partial charge in [0.05, 0.1) is 16.3 Å². The Hall–Kier alpha value is -4.24. The van der Waals surface area contributed by atoms with Crippen LogP contribution in [0.5, 0.6) is 0 Å². The fourth-order valence-corrected chi connectivity index (χ4v) is 3.75. The molecule has 0 aliphatic carbocycles. The lowest BCUT2D eigenvalue weighted by molar-refractivity contribution is -0.384. The van der Waals surface area contributed by atoms with Crippen molar-refractivity contribution in [3.8, 4) is 0 Å². The van der Waals surface area contributed by atoms with Gasteiger partial charge < -0.3 is 4.84 Å². The number of nitrogens with zero attached hydrogens (tertiary/aromatic N) is 3. The van der Waals surface area contributed by atoms with Crippen molar-refractivity contribution < 1.29 is 14.6 Å². The first kappa shape index (κ1) is 22.9. The van der Waals surface area contributed by atoms with Crippen molar-refractivity contribution in [1.29, 1.82) is 0 Å². The molecular formula is C24H20ClN5O4. The topological polar surface area (TPSA) is 118 Å². The number of nitrogens with one attached hydrogen (secondary N) is 2. The number of para-hydroxylation sites is 1. The number of aryl methyl sites for hydroxylation is 2. The van der Waals surface area contributed by atoms with Gasteiger partial charge in [0.25, 0.3) is 5.69 Å². The van der Waals surface area contributed by atoms with Crippen LogP contribution in [-0.2, 0) is 4.84 Å². The van der Waals surface area contributed by atoms with Crippen LogP contribution in [-0.4, -0.2) is 29.1 Å². The van der Waals surface area contributed by atoms with Crippen molar-refractivity contribution in [2.24, 2.45) is 9.98 Å². The Morgan fingerprint density at radius 3 is 2.50 bits per heavy atom. The van der Waals surface area contributed by atoms with Gasteiger partial charge >= 0.3 is 6.09 Å². The molecule has 3 aromatic rings. The van der Waals surface area contributed by atoms with E-state index in [-0.39, 0.29) is 18.1 Å². The quantitative estimate of drug-likeness (QED) is 0.381. The molecule has 34 heavy (non-hydrogen) atoms. The van der Waals surface area contributed by atoms with Crippen molar-refractivity contribution in [3.05, 3.63) is 98.1 Å². The Labute approximate surface area is 200 Å². The number of carbonyl (C=O) groups excluding carboxylic acids is 1. The number of non-ortho nitro benzene ring substituents is 1. The number of halogens is 1. The van der Waals surface area contributed by atoms with Crippen molar-refractivity contribution in [2.75, 3.05) is 11.9 Å². The molecule has 2 N–H and O–H groups in total. The lowest BCUT2D eigenvalue weighted by atomic mass is 10.00. The summed E-state index contributed by atoms with van der Waals surface area (Å²) in [6.45, 7) is 3.79. The van der Waals surface area contributed by atoms with Crippen LogP contribution in [0, 0.1) is 24.0 Å². The SMILES string of the molecule is Cc1cccc(C)c1NC(=O)ONC1=Nc2ccc([N+](=O)[O-])cc2C(c2ccccc2Cl)=NC1. The number of hydrogen-bond donors (Lipinski definition) is 2. The maximum Gasteiger partial charge on any atom is 0.435 e. The molecule has 1 aliphatic rings. The Kier molecular flexibility index (Phi) is 6.55. The number of carbonyl (C=O) groups is 1. The molecule has 0 saturated carbocycles. The van der Waals surface area contributed by atoms with E-state index in [1.807, 2.05) is 32.0 Å². The van der Waals surface area contributed by atoms with E-state index >= 15 is 0 Å². The molecule has 4 rings (SSSR count). The standard InChI is InChI=1S/C24H20ClN5O4/c1-14-6-5-7-15(2)22(14)28-24(31)34-29-21-13-26-23(17-8-3-4-9-19(17)25)18-12-16(30(32)33)10-11-20(18)27-21/h3-12H,13H2,1-2H3,(H,27,29)(H,28,31). The molecule has 1 heterocycles. The van der Waals surface area contributed by atoms with Crippen LogP contribution < -0.4 is 10.8 Å². The summed E-state index contributed by atoms with van der Waals surface area (Å²) in [5, 5.41) is 14.5. The highest BCUT2D eigenvalue weighted by atomic mass is 35.5. The van der Waals surface area contributed by atoms with E-state index in [4.69, 9.17) is 16.4 Å². The lowest BCUT2D eigenvalue weighted by Gasteiger charge is -2.12. The van der Waals surface area contributed by atoms with Crippen LogP contribution in [0.3, 0.4) is 0 Å². The third-order valence-electron chi connectivity index (χ3n) is 5.19. The molecular weight excluding hydrogens is 458 g/mol. The normalized spacial score (nSPS) is 12.6. The van der Waals surface area contributed by atoms with Crippen LogP contribution in [0.15, 0.2) is 70.6 Å². The zero-order chi connectivity index (χ0) is 24.2. The number of rotatable bonds is 3. The summed E-state index contributed by atoms with van der Waals surface area (Å²) in [7, 11) is 0. The number of anilines is 1. The first-order chi connectivity index (χ1) is 16.3. The van der Waals surface area contributed by atoms with E-state index in [1.165, 1.54) is 18.2 Å². The van der Waals surface area contributed by atoms with Crippen molar-refractivity contribution in [1.82, 2.24) is 5.48 Å². The Morgan fingerprint density at radius 1 is 1.06 bits per heavy atom. The van der Waals surface area contributed by atoms with Gasteiger partial charge in [-0.3, -0.25) is 20.4 Å². The molecule has 0 fully saturated rings. The van der Waals surface area contributed by atoms with E-state index < -0.39 is 11.0 Å². The van der Waals surface area contributed by atoms with E-state index in [0.29, 0.717) is 33.2 Å². The van der Waals surface area contributed by atoms with E-state index in [0.717, 1.165) is 11.1 Å². The monoisotopic (exact) mass is 477 g/mol. The van der Waals surface area contributed by atoms with Gasteiger partial charge in [-0.05, 0) is 37.1 Å². The average molecular weight is 478 g/mol. The summed E-state index contributed by atoms with van der Waals surface area (Å²) in [5.41, 5.74) is 6.82. The molecule has 0 unspecified atom stereocenters. The molecule has 9 nitrogen and oxygen atoms in total. The number of amidine groups is 1. The molecule has 0 saturated heterocycles. The minimum atomic E-state index is -0.719. The predicted molar refractivity (Wildman–Crippen MR) is 131 cm³/mol. The van der Waals surface area contributed by atoms with Gasteiger partial charge in [0.2, 0.25) is 0 Å². The number of fused-ring (bicyclic) bond motifs is 1. The fourth-order valence-electron chi connectivity index (χ4n) is 3.53. The fraction of sp³-hybridized carbons (Fsp3) is 0.125. The zero-order valence-corrected chi connectivity index (χ0v) is 19.1. The third kappa shape index (κ3) is 4.89. The second-order valence-corrected chi connectivity index (χ2v) is 7.95. The highest BCUT2D eigenvalue weighted by Crippen LogP contribution is 2.31. The molecule has 10 heteroatoms. The summed E-state index contributed by atoms with van der Waals surface area (Å²) in [6, 6.07) is 17.0. The number of hydroxylamine groups is 1. The van der Waals surface area contributed by atoms with Gasteiger partial charge in [-0.15, -0.1) is 0 Å². The summed E-state index contributed by atoms with van der Waals surface area (Å²) in [4.78, 5) is 37.4. The van der Waals surface area contributed by atoms with Gasteiger partial charge in [-0.2, -0.15) is 0 Å². The van der Waals surface area contributed by atoms with Crippen LogP contribution in [0.4, 0.5) is 21.9 Å². The molecule has 0 bridgehead atoms. The number of amides is 1. The molecule has 0 atom stereocenters. The summed E-state index contributed by atoms with van der Waals surface area (Å²) in [5.74, 6) is 0.244. The highest BCUT2D eigenvalue weighted by molar-refractivity contribution is 6.36. The number of hydrogen-bond acceptors (Lipinski definition) is 7. The minimum Gasteiger partial charge on any atom is -0.323 e. The summed E-state index contributed by atoms with van der Waals surface area (Å²) < 4.78 is 0. The van der Waals surface area contributed by atoms with Crippen molar-refractivity contribution in [3.63, 3.8) is 0 Å². The Balaban J connectivity index is 1.61. The number of benzene rings is 3. The van der Waals surface area contributed by atoms with Crippen LogP contribution in [0.25, 0.3) is 0 Å². The summed E-state index contributed by atoms with van der Waals surface area (Å²) >= 11 is 6.38. The van der Waals surface area contributed by atoms with E-state index in [9.17, 15) is 14.9 Å². The van der Waals surface area contributed by atoms with E-state index in [1.54, 1.807) is 24.3 Å². The maximum atomic E-state index is 12.4. The zero-order valence-electron chi connectivity index (χ0n) is 18.3. The largest absolute Gasteiger partial charge is 0.435 e. The maximum absolute atomic E-state index is 12.4. The molecule has 1 amide bonds. The molecule has 0 radical (unpaired) electrons. The first-order valence-corrected chi connectivity index (χ1v) is 10.7. The third-order valence-corrected chi connectivity index (χ3v) is 5.52. The van der Waals surface area contributed by atoms with Gasteiger partial charge in [0.1, 0.15) is 6.54 Å². The lowest BCUT2D eigenvalue weighted by Crippen LogP contribution is -2.31. The van der Waals surface area contributed by atoms with Gasteiger partial charge in [-0.25, -0.2) is 15.3 Å². The molecule has 0 aromatic heterocycles. The smallest absolute Gasteiger partial charge is 0.323 e. The number of aliphatic imine (C=N–C) groups is 2.